The molecule has 0 heterocycles. The van der Waals surface area contributed by atoms with E-state index in [9.17, 15) is 0 Å². The van der Waals surface area contributed by atoms with Crippen LogP contribution in [-0.2, 0) is 26.2 Å². The van der Waals surface area contributed by atoms with Gasteiger partial charge in [-0.05, 0) is 5.39 Å². The molecule has 2 aromatic carbocycles. The van der Waals surface area contributed by atoms with Crippen LogP contribution in [0.1, 0.15) is 25.3 Å². The minimum Gasteiger partial charge on any atom is -1.00 e. The van der Waals surface area contributed by atoms with Gasteiger partial charge in [-0.1, -0.05) is 41.8 Å². The van der Waals surface area contributed by atoms with E-state index in [0.717, 1.165) is 12.8 Å². The molecule has 0 unspecified atom stereocenters. The summed E-state index contributed by atoms with van der Waals surface area (Å²) in [5.41, 5.74) is 1.24. The molecule has 0 saturated heterocycles. The summed E-state index contributed by atoms with van der Waals surface area (Å²) < 4.78 is 0. The summed E-state index contributed by atoms with van der Waals surface area (Å²) in [5.74, 6) is 0. The van der Waals surface area contributed by atoms with Gasteiger partial charge in [0.1, 0.15) is 0 Å². The third-order valence-corrected chi connectivity index (χ3v) is 3.29. The SMILES string of the molecule is C[C-]=Cc1cccc2ccccc12.[C-]1=CC=CC1.[C-]1=CC=CC1.[Cl-].[Zr+4]. The molecule has 4 rings (SSSR count). The van der Waals surface area contributed by atoms with Gasteiger partial charge < -0.3 is 12.4 Å². The zero-order valence-corrected chi connectivity index (χ0v) is 17.6. The van der Waals surface area contributed by atoms with E-state index in [-0.39, 0.29) is 38.6 Å². The summed E-state index contributed by atoms with van der Waals surface area (Å²) in [6.07, 6.45) is 25.1. The Labute approximate surface area is 177 Å². The number of hydrogen-bond donors (Lipinski definition) is 0. The van der Waals surface area contributed by atoms with E-state index in [1.807, 2.05) is 37.3 Å². The fraction of sp³-hybridized carbons (Fsp3) is 0.130. The summed E-state index contributed by atoms with van der Waals surface area (Å²) in [6.45, 7) is 1.92. The second-order valence-electron chi connectivity index (χ2n) is 5.01. The number of benzene rings is 2. The van der Waals surface area contributed by atoms with Crippen LogP contribution in [-0.4, -0.2) is 0 Å². The first-order valence-corrected chi connectivity index (χ1v) is 7.83. The van der Waals surface area contributed by atoms with E-state index in [4.69, 9.17) is 0 Å². The van der Waals surface area contributed by atoms with Gasteiger partial charge in [0.15, 0.2) is 0 Å². The van der Waals surface area contributed by atoms with Crippen LogP contribution in [0.25, 0.3) is 16.8 Å². The third kappa shape index (κ3) is 9.00. The Morgan fingerprint density at radius 2 is 1.48 bits per heavy atom. The molecule has 124 valence electrons. The molecule has 0 aliphatic heterocycles. The van der Waals surface area contributed by atoms with Gasteiger partial charge in [0.2, 0.25) is 0 Å². The maximum atomic E-state index is 3.05. The van der Waals surface area contributed by atoms with E-state index in [1.165, 1.54) is 16.3 Å². The van der Waals surface area contributed by atoms with Crippen LogP contribution in [0.2, 0.25) is 0 Å². The first kappa shape index (κ1) is 23.6. The third-order valence-electron chi connectivity index (χ3n) is 3.29. The van der Waals surface area contributed by atoms with Crippen molar-refractivity contribution in [2.75, 3.05) is 0 Å². The van der Waals surface area contributed by atoms with Crippen molar-refractivity contribution in [1.29, 1.82) is 0 Å². The van der Waals surface area contributed by atoms with E-state index in [2.05, 4.69) is 72.8 Å². The number of fused-ring (bicyclic) bond motifs is 1. The Bertz CT molecular complexity index is 704. The van der Waals surface area contributed by atoms with Crippen molar-refractivity contribution in [2.24, 2.45) is 0 Å². The first-order chi connectivity index (χ1) is 11.4. The van der Waals surface area contributed by atoms with E-state index in [0.29, 0.717) is 0 Å². The van der Waals surface area contributed by atoms with Crippen molar-refractivity contribution >= 4 is 16.8 Å². The minimum absolute atomic E-state index is 0. The molecule has 25 heavy (non-hydrogen) atoms. The van der Waals surface area contributed by atoms with Gasteiger partial charge in [-0.3, -0.25) is 18.2 Å². The summed E-state index contributed by atoms with van der Waals surface area (Å²) in [4.78, 5) is 0. The van der Waals surface area contributed by atoms with Crippen molar-refractivity contribution in [3.63, 3.8) is 0 Å². The van der Waals surface area contributed by atoms with Crippen molar-refractivity contribution in [2.45, 2.75) is 19.8 Å². The standard InChI is InChI=1S/C13H11.2C5H5.ClH.Zr/c1-2-6-11-8-5-9-12-7-3-4-10-13(11)12;2*1-2-4-5-3-1;;/h3-10H,1H3;2*1-3H,4H2;1H;/q3*-1;;+4/p-1. The predicted molar refractivity (Wildman–Crippen MR) is 100 cm³/mol. The minimum atomic E-state index is 0. The number of hydrogen-bond acceptors (Lipinski definition) is 0. The molecule has 0 nitrogen and oxygen atoms in total. The zero-order chi connectivity index (χ0) is 16.2. The predicted octanol–water partition coefficient (Wildman–Crippen LogP) is 3.29. The molecule has 0 atom stereocenters. The molecule has 0 radical (unpaired) electrons. The Morgan fingerprint density at radius 1 is 0.880 bits per heavy atom. The quantitative estimate of drug-likeness (QED) is 0.617. The molecule has 0 N–H and O–H groups in total. The van der Waals surface area contributed by atoms with Crippen molar-refractivity contribution < 1.29 is 38.6 Å². The average Bonchev–Trinajstić information content (AvgIpc) is 3.34. The molecule has 2 aliphatic rings. The first-order valence-electron chi connectivity index (χ1n) is 7.83. The van der Waals surface area contributed by atoms with Gasteiger partial charge in [-0.15, -0.1) is 25.8 Å². The smallest absolute Gasteiger partial charge is 1.00 e. The number of rotatable bonds is 1. The van der Waals surface area contributed by atoms with Crippen LogP contribution in [0, 0.1) is 18.2 Å². The van der Waals surface area contributed by atoms with Crippen molar-refractivity contribution in [3.05, 3.63) is 103 Å². The number of halogens is 1. The van der Waals surface area contributed by atoms with Crippen LogP contribution in [0.3, 0.4) is 0 Å². The number of allylic oxidation sites excluding steroid dienone is 9. The largest absolute Gasteiger partial charge is 4.00 e. The molecule has 0 fully saturated rings. The van der Waals surface area contributed by atoms with E-state index >= 15 is 0 Å². The van der Waals surface area contributed by atoms with E-state index in [1.54, 1.807) is 0 Å². The Hall–Kier alpha value is -1.43. The fourth-order valence-corrected chi connectivity index (χ4v) is 2.21. The summed E-state index contributed by atoms with van der Waals surface area (Å²) in [5, 5.41) is 2.57. The Morgan fingerprint density at radius 3 is 1.96 bits per heavy atom. The van der Waals surface area contributed by atoms with Crippen LogP contribution in [0.5, 0.6) is 0 Å². The summed E-state index contributed by atoms with van der Waals surface area (Å²) >= 11 is 0. The molecule has 0 spiro atoms. The van der Waals surface area contributed by atoms with E-state index < -0.39 is 0 Å². The topological polar surface area (TPSA) is 0 Å². The second kappa shape index (κ2) is 14.9. The molecule has 2 heteroatoms. The molecular weight excluding hydrogens is 403 g/mol. The Balaban J connectivity index is 0.000000400. The molecular formula is C23H21ClZr. The van der Waals surface area contributed by atoms with Gasteiger partial charge >= 0.3 is 26.2 Å². The Kier molecular flexibility index (Phi) is 14.0. The summed E-state index contributed by atoms with van der Waals surface area (Å²) in [6, 6.07) is 14.7. The van der Waals surface area contributed by atoms with Crippen molar-refractivity contribution in [3.8, 4) is 0 Å². The average molecular weight is 424 g/mol. The van der Waals surface area contributed by atoms with Gasteiger partial charge in [-0.2, -0.15) is 17.7 Å². The molecule has 0 aromatic heterocycles. The van der Waals surface area contributed by atoms with Crippen LogP contribution in [0.15, 0.2) is 78.9 Å². The molecule has 2 aromatic rings. The van der Waals surface area contributed by atoms with Gasteiger partial charge in [0, 0.05) is 0 Å². The fourth-order valence-electron chi connectivity index (χ4n) is 2.21. The van der Waals surface area contributed by atoms with Gasteiger partial charge in [-0.25, -0.2) is 30.4 Å². The van der Waals surface area contributed by atoms with Gasteiger partial charge in [0.05, 0.1) is 0 Å². The molecule has 0 saturated carbocycles. The van der Waals surface area contributed by atoms with Crippen LogP contribution < -0.4 is 12.4 Å². The van der Waals surface area contributed by atoms with Crippen LogP contribution in [0.4, 0.5) is 0 Å². The summed E-state index contributed by atoms with van der Waals surface area (Å²) in [7, 11) is 0. The molecule has 0 bridgehead atoms. The monoisotopic (exact) mass is 422 g/mol. The van der Waals surface area contributed by atoms with Crippen molar-refractivity contribution in [1.82, 2.24) is 0 Å². The second-order valence-corrected chi connectivity index (χ2v) is 5.01. The zero-order valence-electron chi connectivity index (χ0n) is 14.4. The maximum Gasteiger partial charge on any atom is 4.00 e. The normalized spacial score (nSPS) is 12.8. The van der Waals surface area contributed by atoms with Gasteiger partial charge in [0.25, 0.3) is 0 Å². The van der Waals surface area contributed by atoms with Crippen LogP contribution >= 0.6 is 0 Å². The maximum absolute atomic E-state index is 3.05. The molecule has 2 aliphatic carbocycles. The molecule has 0 amide bonds.